The van der Waals surface area contributed by atoms with Gasteiger partial charge in [-0.2, -0.15) is 0 Å². The number of carbonyl (C=O) groups excluding carboxylic acids is 2. The SMILES string of the molecule is O=C(Oc1ccccc1)c1ccc(NC(=O)c2ccccc2Br)cc1. The van der Waals surface area contributed by atoms with E-state index in [9.17, 15) is 9.59 Å². The van der Waals surface area contributed by atoms with Crippen LogP contribution in [0.25, 0.3) is 0 Å². The minimum atomic E-state index is -0.449. The van der Waals surface area contributed by atoms with E-state index in [1.807, 2.05) is 12.1 Å². The first-order valence-corrected chi connectivity index (χ1v) is 8.36. The number of halogens is 1. The van der Waals surface area contributed by atoms with Crippen LogP contribution in [0, 0.1) is 0 Å². The summed E-state index contributed by atoms with van der Waals surface area (Å²) in [6.45, 7) is 0. The Morgan fingerprint density at radius 3 is 2.12 bits per heavy atom. The van der Waals surface area contributed by atoms with Gasteiger partial charge >= 0.3 is 5.97 Å². The summed E-state index contributed by atoms with van der Waals surface area (Å²) >= 11 is 3.35. The Kier molecular flexibility index (Phi) is 5.26. The first-order chi connectivity index (χ1) is 12.1. The van der Waals surface area contributed by atoms with Gasteiger partial charge in [0, 0.05) is 10.2 Å². The van der Waals surface area contributed by atoms with Crippen molar-refractivity contribution in [1.29, 1.82) is 0 Å². The van der Waals surface area contributed by atoms with E-state index in [1.54, 1.807) is 66.7 Å². The zero-order valence-electron chi connectivity index (χ0n) is 13.1. The van der Waals surface area contributed by atoms with Crippen LogP contribution in [0.15, 0.2) is 83.3 Å². The number of hydrogen-bond acceptors (Lipinski definition) is 3. The van der Waals surface area contributed by atoms with Gasteiger partial charge in [-0.25, -0.2) is 4.79 Å². The Hall–Kier alpha value is -2.92. The van der Waals surface area contributed by atoms with Gasteiger partial charge in [0.1, 0.15) is 5.75 Å². The second-order valence-electron chi connectivity index (χ2n) is 5.21. The van der Waals surface area contributed by atoms with Crippen LogP contribution in [-0.2, 0) is 0 Å². The lowest BCUT2D eigenvalue weighted by Crippen LogP contribution is -2.13. The van der Waals surface area contributed by atoms with Crippen LogP contribution < -0.4 is 10.1 Å². The summed E-state index contributed by atoms with van der Waals surface area (Å²) < 4.78 is 5.99. The maximum atomic E-state index is 12.3. The molecule has 0 saturated carbocycles. The maximum Gasteiger partial charge on any atom is 0.343 e. The molecule has 0 aliphatic rings. The molecule has 124 valence electrons. The molecule has 3 rings (SSSR count). The summed E-state index contributed by atoms with van der Waals surface area (Å²) in [7, 11) is 0. The van der Waals surface area contributed by atoms with E-state index in [0.29, 0.717) is 22.6 Å². The number of benzene rings is 3. The van der Waals surface area contributed by atoms with Crippen LogP contribution >= 0.6 is 15.9 Å². The molecule has 1 N–H and O–H groups in total. The number of anilines is 1. The molecule has 0 aliphatic heterocycles. The molecule has 0 unspecified atom stereocenters. The molecule has 5 heteroatoms. The minimum Gasteiger partial charge on any atom is -0.423 e. The zero-order valence-corrected chi connectivity index (χ0v) is 14.7. The number of nitrogens with one attached hydrogen (secondary N) is 1. The molecule has 0 heterocycles. The van der Waals surface area contributed by atoms with E-state index in [2.05, 4.69) is 21.2 Å². The minimum absolute atomic E-state index is 0.230. The smallest absolute Gasteiger partial charge is 0.343 e. The topological polar surface area (TPSA) is 55.4 Å². The molecule has 0 spiro atoms. The molecule has 0 bridgehead atoms. The van der Waals surface area contributed by atoms with Crippen molar-refractivity contribution in [2.45, 2.75) is 0 Å². The Morgan fingerprint density at radius 2 is 1.44 bits per heavy atom. The lowest BCUT2D eigenvalue weighted by atomic mass is 10.2. The van der Waals surface area contributed by atoms with Crippen molar-refractivity contribution < 1.29 is 14.3 Å². The van der Waals surface area contributed by atoms with Crippen molar-refractivity contribution in [2.75, 3.05) is 5.32 Å². The predicted molar refractivity (Wildman–Crippen MR) is 99.9 cm³/mol. The van der Waals surface area contributed by atoms with Crippen LogP contribution in [0.4, 0.5) is 5.69 Å². The molecule has 0 aliphatic carbocycles. The summed E-state index contributed by atoms with van der Waals surface area (Å²) in [5, 5.41) is 2.79. The number of carbonyl (C=O) groups is 2. The average molecular weight is 396 g/mol. The average Bonchev–Trinajstić information content (AvgIpc) is 2.63. The Labute approximate surface area is 153 Å². The Bertz CT molecular complexity index is 892. The monoisotopic (exact) mass is 395 g/mol. The van der Waals surface area contributed by atoms with Crippen molar-refractivity contribution in [1.82, 2.24) is 0 Å². The molecule has 0 saturated heterocycles. The quantitative estimate of drug-likeness (QED) is 0.503. The van der Waals surface area contributed by atoms with Crippen LogP contribution in [0.3, 0.4) is 0 Å². The molecule has 25 heavy (non-hydrogen) atoms. The molecule has 0 atom stereocenters. The van der Waals surface area contributed by atoms with Gasteiger partial charge in [0.05, 0.1) is 11.1 Å². The molecule has 3 aromatic carbocycles. The lowest BCUT2D eigenvalue weighted by Gasteiger charge is -2.08. The highest BCUT2D eigenvalue weighted by Crippen LogP contribution is 2.19. The van der Waals surface area contributed by atoms with Gasteiger partial charge in [-0.15, -0.1) is 0 Å². The van der Waals surface area contributed by atoms with Gasteiger partial charge in [0.15, 0.2) is 0 Å². The van der Waals surface area contributed by atoms with E-state index in [-0.39, 0.29) is 5.91 Å². The normalized spacial score (nSPS) is 10.1. The summed E-state index contributed by atoms with van der Waals surface area (Å²) in [6, 6.07) is 22.6. The van der Waals surface area contributed by atoms with Crippen LogP contribution in [0.2, 0.25) is 0 Å². The molecular formula is C20H14BrNO3. The first-order valence-electron chi connectivity index (χ1n) is 7.56. The second-order valence-corrected chi connectivity index (χ2v) is 6.07. The van der Waals surface area contributed by atoms with E-state index in [4.69, 9.17) is 4.74 Å². The summed E-state index contributed by atoms with van der Waals surface area (Å²) in [5.41, 5.74) is 1.54. The third-order valence-corrected chi connectivity index (χ3v) is 4.14. The standard InChI is InChI=1S/C20H14BrNO3/c21-18-9-5-4-8-17(18)19(23)22-15-12-10-14(11-13-15)20(24)25-16-6-2-1-3-7-16/h1-13H,(H,22,23). The molecule has 0 radical (unpaired) electrons. The van der Waals surface area contributed by atoms with Gasteiger partial charge in [0.25, 0.3) is 5.91 Å². The molecule has 0 fully saturated rings. The molecular weight excluding hydrogens is 382 g/mol. The van der Waals surface area contributed by atoms with Gasteiger partial charge < -0.3 is 10.1 Å². The number of hydrogen-bond donors (Lipinski definition) is 1. The number of amides is 1. The number of rotatable bonds is 4. The van der Waals surface area contributed by atoms with E-state index >= 15 is 0 Å². The summed E-state index contributed by atoms with van der Waals surface area (Å²) in [5.74, 6) is -0.194. The van der Waals surface area contributed by atoms with Gasteiger partial charge in [-0.1, -0.05) is 30.3 Å². The van der Waals surface area contributed by atoms with Crippen molar-refractivity contribution in [3.8, 4) is 5.75 Å². The number of ether oxygens (including phenoxy) is 1. The predicted octanol–water partition coefficient (Wildman–Crippen LogP) is 4.92. The Balaban J connectivity index is 1.67. The van der Waals surface area contributed by atoms with Gasteiger partial charge in [0.2, 0.25) is 0 Å². The largest absolute Gasteiger partial charge is 0.423 e. The maximum absolute atomic E-state index is 12.3. The van der Waals surface area contributed by atoms with Gasteiger partial charge in [-0.3, -0.25) is 4.79 Å². The lowest BCUT2D eigenvalue weighted by molar-refractivity contribution is 0.0734. The van der Waals surface area contributed by atoms with Gasteiger partial charge in [-0.05, 0) is 64.5 Å². The highest BCUT2D eigenvalue weighted by molar-refractivity contribution is 9.10. The molecule has 0 aromatic heterocycles. The molecule has 1 amide bonds. The fraction of sp³-hybridized carbons (Fsp3) is 0. The van der Waals surface area contributed by atoms with Crippen LogP contribution in [0.1, 0.15) is 20.7 Å². The third-order valence-electron chi connectivity index (χ3n) is 3.45. The van der Waals surface area contributed by atoms with Crippen molar-refractivity contribution in [2.24, 2.45) is 0 Å². The van der Waals surface area contributed by atoms with Crippen molar-refractivity contribution in [3.63, 3.8) is 0 Å². The highest BCUT2D eigenvalue weighted by atomic mass is 79.9. The summed E-state index contributed by atoms with van der Waals surface area (Å²) in [6.07, 6.45) is 0. The zero-order chi connectivity index (χ0) is 17.6. The fourth-order valence-corrected chi connectivity index (χ4v) is 2.65. The summed E-state index contributed by atoms with van der Waals surface area (Å²) in [4.78, 5) is 24.4. The van der Waals surface area contributed by atoms with E-state index < -0.39 is 5.97 Å². The first kappa shape index (κ1) is 16.9. The van der Waals surface area contributed by atoms with Crippen LogP contribution in [0.5, 0.6) is 5.75 Å². The molecule has 4 nitrogen and oxygen atoms in total. The Morgan fingerprint density at radius 1 is 0.800 bits per heavy atom. The molecule has 3 aromatic rings. The van der Waals surface area contributed by atoms with E-state index in [0.717, 1.165) is 4.47 Å². The fourth-order valence-electron chi connectivity index (χ4n) is 2.19. The van der Waals surface area contributed by atoms with Crippen LogP contribution in [-0.4, -0.2) is 11.9 Å². The third kappa shape index (κ3) is 4.33. The van der Waals surface area contributed by atoms with Crippen molar-refractivity contribution in [3.05, 3.63) is 94.5 Å². The number of esters is 1. The second kappa shape index (κ2) is 7.77. The van der Waals surface area contributed by atoms with Crippen molar-refractivity contribution >= 4 is 33.5 Å². The number of para-hydroxylation sites is 1. The highest BCUT2D eigenvalue weighted by Gasteiger charge is 2.11. The van der Waals surface area contributed by atoms with E-state index in [1.165, 1.54) is 0 Å².